The summed E-state index contributed by atoms with van der Waals surface area (Å²) in [4.78, 5) is 38.0. The fourth-order valence-electron chi connectivity index (χ4n) is 3.55. The predicted octanol–water partition coefficient (Wildman–Crippen LogP) is 0.646. The first-order valence-electron chi connectivity index (χ1n) is 11.2. The Morgan fingerprint density at radius 1 is 1.28 bits per heavy atom. The van der Waals surface area contributed by atoms with Crippen molar-refractivity contribution in [1.82, 2.24) is 14.6 Å². The number of ether oxygens (including phenoxy) is 2. The molecule has 6 atom stereocenters. The lowest BCUT2D eigenvalue weighted by molar-refractivity contribution is -0.149. The van der Waals surface area contributed by atoms with Gasteiger partial charge in [-0.3, -0.25) is 23.7 Å². The van der Waals surface area contributed by atoms with Gasteiger partial charge in [-0.2, -0.15) is 5.09 Å². The smallest absolute Gasteiger partial charge is 0.459 e. The highest BCUT2D eigenvalue weighted by Crippen LogP contribution is 2.46. The van der Waals surface area contributed by atoms with Crippen molar-refractivity contribution in [3.8, 4) is 5.75 Å². The first-order chi connectivity index (χ1) is 16.8. The molecule has 2 heterocycles. The highest BCUT2D eigenvalue weighted by Gasteiger charge is 2.52. The van der Waals surface area contributed by atoms with Crippen LogP contribution in [0.15, 0.2) is 52.2 Å². The zero-order valence-corrected chi connectivity index (χ0v) is 21.2. The van der Waals surface area contributed by atoms with Crippen LogP contribution in [0.25, 0.3) is 0 Å². The molecule has 1 saturated heterocycles. The summed E-state index contributed by atoms with van der Waals surface area (Å²) in [7, 11) is -4.22. The van der Waals surface area contributed by atoms with Crippen LogP contribution in [0.1, 0.15) is 33.9 Å². The Morgan fingerprint density at radius 2 is 1.94 bits per heavy atom. The molecule has 198 valence electrons. The number of aliphatic hydroxyl groups excluding tert-OH is 1. The van der Waals surface area contributed by atoms with Crippen LogP contribution in [-0.2, 0) is 23.4 Å². The lowest BCUT2D eigenvalue weighted by Crippen LogP contribution is -2.53. The summed E-state index contributed by atoms with van der Waals surface area (Å²) in [6.07, 6.45) is -2.88. The van der Waals surface area contributed by atoms with E-state index in [4.69, 9.17) is 24.3 Å². The quantitative estimate of drug-likeness (QED) is 0.252. The Labute approximate surface area is 207 Å². The van der Waals surface area contributed by atoms with Gasteiger partial charge in [-0.05, 0) is 39.8 Å². The van der Waals surface area contributed by atoms with Crippen molar-refractivity contribution >= 4 is 13.7 Å². The zero-order valence-electron chi connectivity index (χ0n) is 20.3. The molecule has 1 fully saturated rings. The van der Waals surface area contributed by atoms with Crippen molar-refractivity contribution in [2.24, 2.45) is 5.73 Å². The van der Waals surface area contributed by atoms with Crippen LogP contribution >= 0.6 is 7.75 Å². The average Bonchev–Trinajstić information content (AvgIpc) is 3.01. The number of H-pyrrole nitrogens is 1. The largest absolute Gasteiger partial charge is 0.462 e. The molecule has 0 bridgehead atoms. The summed E-state index contributed by atoms with van der Waals surface area (Å²) < 4.78 is 36.7. The number of nitrogens with two attached hydrogens (primary N) is 1. The number of esters is 1. The van der Waals surface area contributed by atoms with Crippen molar-refractivity contribution in [3.05, 3.63) is 63.4 Å². The lowest BCUT2D eigenvalue weighted by Gasteiger charge is -2.28. The van der Waals surface area contributed by atoms with E-state index in [0.29, 0.717) is 0 Å². The van der Waals surface area contributed by atoms with Gasteiger partial charge >= 0.3 is 19.4 Å². The number of hydrogen-bond acceptors (Lipinski definition) is 10. The predicted molar refractivity (Wildman–Crippen MR) is 128 cm³/mol. The van der Waals surface area contributed by atoms with E-state index in [2.05, 4.69) is 10.1 Å². The van der Waals surface area contributed by atoms with Gasteiger partial charge in [0.2, 0.25) is 0 Å². The van der Waals surface area contributed by atoms with Crippen molar-refractivity contribution in [1.29, 1.82) is 0 Å². The molecule has 0 saturated carbocycles. The minimum atomic E-state index is -4.22. The lowest BCUT2D eigenvalue weighted by atomic mass is 9.93. The monoisotopic (exact) mass is 526 g/mol. The molecule has 5 N–H and O–H groups in total. The molecule has 1 aliphatic heterocycles. The Kier molecular flexibility index (Phi) is 8.55. The molecule has 36 heavy (non-hydrogen) atoms. The van der Waals surface area contributed by atoms with Crippen LogP contribution in [0.3, 0.4) is 0 Å². The highest BCUT2D eigenvalue weighted by molar-refractivity contribution is 7.52. The van der Waals surface area contributed by atoms with E-state index in [1.54, 1.807) is 44.2 Å². The van der Waals surface area contributed by atoms with Gasteiger partial charge in [-0.1, -0.05) is 18.2 Å². The van der Waals surface area contributed by atoms with Crippen LogP contribution in [-0.4, -0.2) is 57.1 Å². The molecule has 0 amide bonds. The average molecular weight is 526 g/mol. The maximum Gasteiger partial charge on any atom is 0.459 e. The molecule has 3 rings (SSSR count). The zero-order chi connectivity index (χ0) is 26.7. The number of para-hydroxylation sites is 1. The van der Waals surface area contributed by atoms with Crippen LogP contribution in [0.4, 0.5) is 0 Å². The molecule has 14 heteroatoms. The first kappa shape index (κ1) is 27.8. The summed E-state index contributed by atoms with van der Waals surface area (Å²) in [5, 5.41) is 13.3. The highest BCUT2D eigenvalue weighted by atomic mass is 31.2. The number of nitrogens with zero attached hydrogens (tertiary/aromatic N) is 1. The van der Waals surface area contributed by atoms with Crippen LogP contribution in [0, 0.1) is 0 Å². The standard InChI is InChI=1S/C22H31N4O9P/c1-13(2)33-19(29)14(3)25-36(31,35-15-8-6-5-7-9-15)32-12-16-18(28)22(4,23)20(34-16)26-11-10-17(27)24-21(26)30/h5-11,13-14,16,18,20,28H,12,23H2,1-4H3,(H,25,31)(H,24,27,30)/t14-,16+,18+,20+,22+,36+/m0/s1. The van der Waals surface area contributed by atoms with E-state index in [1.807, 2.05) is 0 Å². The minimum Gasteiger partial charge on any atom is -0.462 e. The third kappa shape index (κ3) is 6.49. The maximum atomic E-state index is 13.6. The fourth-order valence-corrected chi connectivity index (χ4v) is 5.05. The number of benzene rings is 1. The number of aliphatic hydroxyl groups is 1. The second-order valence-electron chi connectivity index (χ2n) is 8.89. The fraction of sp³-hybridized carbons (Fsp3) is 0.500. The Balaban J connectivity index is 1.80. The normalized spacial score (nSPS) is 26.4. The molecule has 1 aliphatic rings. The van der Waals surface area contributed by atoms with Gasteiger partial charge in [0.25, 0.3) is 5.56 Å². The van der Waals surface area contributed by atoms with Gasteiger partial charge in [0.15, 0.2) is 6.23 Å². The van der Waals surface area contributed by atoms with E-state index in [-0.39, 0.29) is 5.75 Å². The summed E-state index contributed by atoms with van der Waals surface area (Å²) in [6.45, 7) is 5.77. The van der Waals surface area contributed by atoms with Gasteiger partial charge < -0.3 is 24.8 Å². The van der Waals surface area contributed by atoms with Crippen molar-refractivity contribution < 1.29 is 33.0 Å². The first-order valence-corrected chi connectivity index (χ1v) is 12.8. The number of aromatic nitrogens is 2. The molecule has 0 spiro atoms. The van der Waals surface area contributed by atoms with Crippen molar-refractivity contribution in [3.63, 3.8) is 0 Å². The SMILES string of the molecule is CC(C)OC(=O)[C@H](C)N[P@@](=O)(OC[C@H]1O[C@@H](n2ccc(=O)[nH]c2=O)[C@](C)(N)[C@@H]1O)Oc1ccccc1. The second kappa shape index (κ2) is 11.1. The molecule has 0 radical (unpaired) electrons. The second-order valence-corrected chi connectivity index (χ2v) is 10.6. The molecule has 1 aromatic carbocycles. The van der Waals surface area contributed by atoms with Gasteiger partial charge in [0, 0.05) is 12.3 Å². The van der Waals surface area contributed by atoms with Crippen LogP contribution < -0.4 is 26.6 Å². The molecular formula is C22H31N4O9P. The third-order valence-corrected chi connectivity index (χ3v) is 7.01. The summed E-state index contributed by atoms with van der Waals surface area (Å²) in [5.74, 6) is -0.471. The summed E-state index contributed by atoms with van der Waals surface area (Å²) in [6, 6.07) is 8.19. The van der Waals surface area contributed by atoms with Crippen molar-refractivity contribution in [2.75, 3.05) is 6.61 Å². The van der Waals surface area contributed by atoms with Crippen molar-refractivity contribution in [2.45, 2.75) is 63.8 Å². The van der Waals surface area contributed by atoms with E-state index >= 15 is 0 Å². The molecule has 2 aromatic rings. The van der Waals surface area contributed by atoms with Gasteiger partial charge in [0.05, 0.1) is 18.2 Å². The van der Waals surface area contributed by atoms with Gasteiger partial charge in [-0.15, -0.1) is 0 Å². The molecular weight excluding hydrogens is 495 g/mol. The Hall–Kier alpha value is -2.80. The number of carbonyl (C=O) groups excluding carboxylic acids is 1. The van der Waals surface area contributed by atoms with E-state index < -0.39 is 67.7 Å². The Bertz CT molecular complexity index is 1210. The molecule has 0 aliphatic carbocycles. The van der Waals surface area contributed by atoms with Gasteiger partial charge in [0.1, 0.15) is 24.0 Å². The molecule has 0 unspecified atom stereocenters. The summed E-state index contributed by atoms with van der Waals surface area (Å²) >= 11 is 0. The van der Waals surface area contributed by atoms with E-state index in [9.17, 15) is 24.1 Å². The maximum absolute atomic E-state index is 13.6. The number of aromatic amines is 1. The third-order valence-electron chi connectivity index (χ3n) is 5.36. The van der Waals surface area contributed by atoms with Crippen LogP contribution in [0.5, 0.6) is 5.75 Å². The topological polar surface area (TPSA) is 184 Å². The number of hydrogen-bond donors (Lipinski definition) is 4. The molecule has 13 nitrogen and oxygen atoms in total. The minimum absolute atomic E-state index is 0.201. The van der Waals surface area contributed by atoms with E-state index in [1.165, 1.54) is 20.0 Å². The number of rotatable bonds is 10. The Morgan fingerprint density at radius 3 is 2.56 bits per heavy atom. The number of carbonyl (C=O) groups is 1. The van der Waals surface area contributed by atoms with Crippen LogP contribution in [0.2, 0.25) is 0 Å². The summed E-state index contributed by atoms with van der Waals surface area (Å²) in [5.41, 5.74) is 3.39. The number of nitrogens with one attached hydrogen (secondary N) is 2. The molecule has 1 aromatic heterocycles. The van der Waals surface area contributed by atoms with E-state index in [0.717, 1.165) is 10.6 Å². The van der Waals surface area contributed by atoms with Gasteiger partial charge in [-0.25, -0.2) is 9.36 Å².